The first-order valence-electron chi connectivity index (χ1n) is 5.11. The summed E-state index contributed by atoms with van der Waals surface area (Å²) in [6, 6.07) is 3.03. The molecule has 3 N–H and O–H groups in total. The zero-order valence-electron chi connectivity index (χ0n) is 9.35. The number of aliphatic carboxylic acids is 2. The van der Waals surface area contributed by atoms with Crippen LogP contribution in [0.1, 0.15) is 12.2 Å². The number of hydrogen-bond acceptors (Lipinski definition) is 4. The highest BCUT2D eigenvalue weighted by atomic mass is 31.2. The number of rotatable bonds is 7. The van der Waals surface area contributed by atoms with Crippen molar-refractivity contribution in [3.63, 3.8) is 0 Å². The van der Waals surface area contributed by atoms with Crippen molar-refractivity contribution in [3.8, 4) is 0 Å². The predicted octanol–water partition coefficient (Wildman–Crippen LogP) is 1.02. The van der Waals surface area contributed by atoms with Crippen molar-refractivity contribution < 1.29 is 33.7 Å². The third-order valence-corrected chi connectivity index (χ3v) is 4.63. The van der Waals surface area contributed by atoms with Crippen molar-refractivity contribution in [1.29, 1.82) is 0 Å². The average Bonchev–Trinajstić information content (AvgIpc) is 2.75. The molecule has 0 aliphatic heterocycles. The van der Waals surface area contributed by atoms with Crippen LogP contribution in [0, 0.1) is 0 Å². The number of carbonyl (C=O) groups is 2. The molecule has 0 aliphatic carbocycles. The lowest BCUT2D eigenvalue weighted by molar-refractivity contribution is -0.138. The molecule has 0 aromatic carbocycles. The minimum absolute atomic E-state index is 0.240. The van der Waals surface area contributed by atoms with Gasteiger partial charge in [-0.3, -0.25) is 14.2 Å². The van der Waals surface area contributed by atoms with Crippen LogP contribution in [0.4, 0.5) is 0 Å². The van der Waals surface area contributed by atoms with Crippen molar-refractivity contribution in [2.24, 2.45) is 0 Å². The van der Waals surface area contributed by atoms with Crippen LogP contribution in [0.25, 0.3) is 0 Å². The first-order valence-corrected chi connectivity index (χ1v) is 7.03. The molecule has 0 amide bonds. The average molecular weight is 276 g/mol. The molecule has 1 unspecified atom stereocenters. The lowest BCUT2D eigenvalue weighted by Gasteiger charge is -2.17. The summed E-state index contributed by atoms with van der Waals surface area (Å²) in [6.07, 6.45) is -0.0285. The third-order valence-electron chi connectivity index (χ3n) is 2.39. The lowest BCUT2D eigenvalue weighted by atomic mass is 10.2. The first kappa shape index (κ1) is 14.5. The van der Waals surface area contributed by atoms with Gasteiger partial charge in [0, 0.05) is 12.6 Å². The van der Waals surface area contributed by atoms with Crippen LogP contribution in [0.2, 0.25) is 0 Å². The minimum atomic E-state index is -4.09. The summed E-state index contributed by atoms with van der Waals surface area (Å²) < 4.78 is 16.8. The number of carboxylic acid groups (broad SMARTS) is 2. The van der Waals surface area contributed by atoms with E-state index in [2.05, 4.69) is 0 Å². The fourth-order valence-corrected chi connectivity index (χ4v) is 3.07. The van der Waals surface area contributed by atoms with Gasteiger partial charge in [0.05, 0.1) is 12.7 Å². The minimum Gasteiger partial charge on any atom is -0.481 e. The Morgan fingerprint density at radius 1 is 1.39 bits per heavy atom. The van der Waals surface area contributed by atoms with Crippen LogP contribution in [0.15, 0.2) is 22.8 Å². The standard InChI is InChI=1S/C10H13O7P/c11-9(12)3-5-18(15,16)8(10(13)14)6-7-2-1-4-17-7/h1-2,4,8H,3,5-6H2,(H,11,12)(H,13,14)(H,15,16)/t8-/m0/s1. The van der Waals surface area contributed by atoms with Crippen LogP contribution < -0.4 is 0 Å². The maximum Gasteiger partial charge on any atom is 0.316 e. The summed E-state index contributed by atoms with van der Waals surface area (Å²) in [5, 5.41) is 17.4. The molecule has 1 heterocycles. The van der Waals surface area contributed by atoms with Crippen LogP contribution in [-0.2, 0) is 20.6 Å². The van der Waals surface area contributed by atoms with Crippen LogP contribution in [0.3, 0.4) is 0 Å². The van der Waals surface area contributed by atoms with Crippen molar-refractivity contribution in [2.75, 3.05) is 6.16 Å². The summed E-state index contributed by atoms with van der Waals surface area (Å²) in [5.41, 5.74) is -1.55. The Morgan fingerprint density at radius 2 is 2.06 bits per heavy atom. The van der Waals surface area contributed by atoms with Gasteiger partial charge in [0.25, 0.3) is 0 Å². The summed E-state index contributed by atoms with van der Waals surface area (Å²) in [6.45, 7) is 0. The molecule has 100 valence electrons. The highest BCUT2D eigenvalue weighted by molar-refractivity contribution is 7.59. The Hall–Kier alpha value is -1.59. The molecule has 0 aliphatic rings. The molecule has 0 radical (unpaired) electrons. The molecule has 7 nitrogen and oxygen atoms in total. The molecular weight excluding hydrogens is 263 g/mol. The normalized spacial score (nSPS) is 15.8. The Bertz CT molecular complexity index is 465. The van der Waals surface area contributed by atoms with E-state index in [9.17, 15) is 19.0 Å². The third kappa shape index (κ3) is 4.01. The first-order chi connectivity index (χ1) is 8.33. The molecule has 1 aromatic heterocycles. The zero-order chi connectivity index (χ0) is 13.8. The van der Waals surface area contributed by atoms with Gasteiger partial charge in [-0.1, -0.05) is 0 Å². The Balaban J connectivity index is 2.80. The van der Waals surface area contributed by atoms with E-state index in [4.69, 9.17) is 14.6 Å². The maximum absolute atomic E-state index is 11.9. The Morgan fingerprint density at radius 3 is 2.50 bits per heavy atom. The van der Waals surface area contributed by atoms with E-state index < -0.39 is 37.5 Å². The van der Waals surface area contributed by atoms with Gasteiger partial charge < -0.3 is 19.5 Å². The van der Waals surface area contributed by atoms with Gasteiger partial charge in [0.15, 0.2) is 0 Å². The summed E-state index contributed by atoms with van der Waals surface area (Å²) in [4.78, 5) is 31.0. The van der Waals surface area contributed by atoms with Gasteiger partial charge in [-0.05, 0) is 12.1 Å². The van der Waals surface area contributed by atoms with Crippen molar-refractivity contribution in [3.05, 3.63) is 24.2 Å². The van der Waals surface area contributed by atoms with Crippen molar-refractivity contribution in [2.45, 2.75) is 18.5 Å². The van der Waals surface area contributed by atoms with E-state index in [-0.39, 0.29) is 12.2 Å². The Labute approximate surface area is 102 Å². The van der Waals surface area contributed by atoms with Crippen molar-refractivity contribution in [1.82, 2.24) is 0 Å². The second kappa shape index (κ2) is 5.84. The van der Waals surface area contributed by atoms with E-state index in [1.165, 1.54) is 18.4 Å². The fraction of sp³-hybridized carbons (Fsp3) is 0.400. The van der Waals surface area contributed by atoms with Crippen LogP contribution >= 0.6 is 7.37 Å². The summed E-state index contributed by atoms with van der Waals surface area (Å²) >= 11 is 0. The molecular formula is C10H13O7P. The second-order valence-electron chi connectivity index (χ2n) is 3.76. The SMILES string of the molecule is O=C(O)CCP(=O)(O)[C@@H](Cc1ccco1)C(=O)O. The maximum atomic E-state index is 11.9. The van der Waals surface area contributed by atoms with Crippen LogP contribution in [0.5, 0.6) is 0 Å². The van der Waals surface area contributed by atoms with E-state index >= 15 is 0 Å². The molecule has 0 saturated carbocycles. The van der Waals surface area contributed by atoms with Gasteiger partial charge >= 0.3 is 11.9 Å². The highest BCUT2D eigenvalue weighted by Gasteiger charge is 2.37. The molecule has 2 atom stereocenters. The predicted molar refractivity (Wildman–Crippen MR) is 60.8 cm³/mol. The quantitative estimate of drug-likeness (QED) is 0.635. The van der Waals surface area contributed by atoms with E-state index in [0.717, 1.165) is 0 Å². The largest absolute Gasteiger partial charge is 0.481 e. The monoisotopic (exact) mass is 276 g/mol. The topological polar surface area (TPSA) is 125 Å². The van der Waals surface area contributed by atoms with Gasteiger partial charge in [-0.2, -0.15) is 0 Å². The molecule has 0 fully saturated rings. The fourth-order valence-electron chi connectivity index (χ4n) is 1.43. The summed E-state index contributed by atoms with van der Waals surface area (Å²) in [7, 11) is -4.09. The second-order valence-corrected chi connectivity index (χ2v) is 6.34. The lowest BCUT2D eigenvalue weighted by Crippen LogP contribution is -2.24. The van der Waals surface area contributed by atoms with E-state index in [1.807, 2.05) is 0 Å². The number of furan rings is 1. The van der Waals surface area contributed by atoms with Gasteiger partial charge in [-0.15, -0.1) is 0 Å². The van der Waals surface area contributed by atoms with Gasteiger partial charge in [-0.25, -0.2) is 0 Å². The molecule has 1 rings (SSSR count). The van der Waals surface area contributed by atoms with Gasteiger partial charge in [0.1, 0.15) is 11.4 Å². The highest BCUT2D eigenvalue weighted by Crippen LogP contribution is 2.48. The molecule has 0 saturated heterocycles. The number of carboxylic acids is 2. The number of hydrogen-bond donors (Lipinski definition) is 3. The Kier molecular flexibility index (Phi) is 4.69. The van der Waals surface area contributed by atoms with E-state index in [0.29, 0.717) is 0 Å². The summed E-state index contributed by atoms with van der Waals surface area (Å²) in [5.74, 6) is -2.42. The molecule has 0 bridgehead atoms. The molecule has 8 heteroatoms. The molecule has 1 aromatic rings. The molecule has 18 heavy (non-hydrogen) atoms. The van der Waals surface area contributed by atoms with Gasteiger partial charge in [0.2, 0.25) is 7.37 Å². The van der Waals surface area contributed by atoms with Crippen LogP contribution in [-0.4, -0.2) is 38.9 Å². The zero-order valence-corrected chi connectivity index (χ0v) is 10.2. The van der Waals surface area contributed by atoms with Crippen molar-refractivity contribution >= 4 is 19.3 Å². The van der Waals surface area contributed by atoms with E-state index in [1.54, 1.807) is 0 Å². The smallest absolute Gasteiger partial charge is 0.316 e. The molecule has 0 spiro atoms.